The number of likely N-dealkylation sites (tertiary alicyclic amines) is 1. The van der Waals surface area contributed by atoms with Gasteiger partial charge in [-0.05, 0) is 60.3 Å². The molecule has 24 heavy (non-hydrogen) atoms. The van der Waals surface area contributed by atoms with E-state index in [-0.39, 0.29) is 23.0 Å². The molecular formula is C16H19Br2N3O2S. The number of nitriles is 1. The number of hydrogen-bond donors (Lipinski definition) is 0. The molecule has 1 aliphatic carbocycles. The van der Waals surface area contributed by atoms with E-state index >= 15 is 0 Å². The Kier molecular flexibility index (Phi) is 5.26. The molecule has 1 saturated carbocycles. The molecule has 2 fully saturated rings. The monoisotopic (exact) mass is 475 g/mol. The van der Waals surface area contributed by atoms with Crippen molar-refractivity contribution in [3.63, 3.8) is 0 Å². The SMILES string of the molecule is CC1CC(N(C2CCC2)S(=O)(=O)c2cc(Br)ccc2Br)CN1C#N. The normalized spacial score (nSPS) is 24.9. The summed E-state index contributed by atoms with van der Waals surface area (Å²) in [6.07, 6.45) is 5.71. The van der Waals surface area contributed by atoms with Gasteiger partial charge in [0.05, 0.1) is 4.90 Å². The van der Waals surface area contributed by atoms with E-state index in [1.807, 2.05) is 13.0 Å². The van der Waals surface area contributed by atoms with Crippen LogP contribution in [0.4, 0.5) is 0 Å². The molecule has 2 atom stereocenters. The van der Waals surface area contributed by atoms with Gasteiger partial charge in [0.2, 0.25) is 10.0 Å². The topological polar surface area (TPSA) is 64.4 Å². The molecule has 2 unspecified atom stereocenters. The standard InChI is InChI=1S/C16H19Br2N3O2S/c1-11-7-14(9-20(11)10-19)21(13-3-2-4-13)24(22,23)16-8-12(17)5-6-15(16)18/h5-6,8,11,13-14H,2-4,7,9H2,1H3. The fraction of sp³-hybridized carbons (Fsp3) is 0.562. The van der Waals surface area contributed by atoms with Crippen LogP contribution in [-0.4, -0.2) is 42.3 Å². The van der Waals surface area contributed by atoms with Crippen molar-refractivity contribution >= 4 is 41.9 Å². The van der Waals surface area contributed by atoms with Crippen molar-refractivity contribution in [3.05, 3.63) is 27.1 Å². The van der Waals surface area contributed by atoms with E-state index in [1.54, 1.807) is 21.3 Å². The van der Waals surface area contributed by atoms with Crippen LogP contribution in [0.2, 0.25) is 0 Å². The number of halogens is 2. The van der Waals surface area contributed by atoms with Gasteiger partial charge in [-0.25, -0.2) is 8.42 Å². The van der Waals surface area contributed by atoms with Gasteiger partial charge in [-0.3, -0.25) is 0 Å². The highest BCUT2D eigenvalue weighted by Gasteiger charge is 2.44. The fourth-order valence-corrected chi connectivity index (χ4v) is 6.79. The molecule has 1 aromatic rings. The number of hydrogen-bond acceptors (Lipinski definition) is 4. The number of nitrogens with zero attached hydrogens (tertiary/aromatic N) is 3. The third-order valence-corrected chi connectivity index (χ3v) is 8.42. The Morgan fingerprint density at radius 1 is 1.29 bits per heavy atom. The summed E-state index contributed by atoms with van der Waals surface area (Å²) in [5, 5.41) is 9.24. The second-order valence-corrected chi connectivity index (χ2v) is 10.1. The van der Waals surface area contributed by atoms with Gasteiger partial charge in [0.1, 0.15) is 0 Å². The number of rotatable bonds is 4. The third-order valence-electron chi connectivity index (χ3n) is 4.92. The van der Waals surface area contributed by atoms with Gasteiger partial charge in [0.15, 0.2) is 6.19 Å². The van der Waals surface area contributed by atoms with Crippen LogP contribution in [0, 0.1) is 11.5 Å². The van der Waals surface area contributed by atoms with Crippen molar-refractivity contribution in [1.82, 2.24) is 9.21 Å². The van der Waals surface area contributed by atoms with E-state index in [0.717, 1.165) is 23.7 Å². The molecule has 5 nitrogen and oxygen atoms in total. The molecule has 1 saturated heterocycles. The van der Waals surface area contributed by atoms with Crippen LogP contribution < -0.4 is 0 Å². The Balaban J connectivity index is 2.00. The Morgan fingerprint density at radius 2 is 2.00 bits per heavy atom. The minimum Gasteiger partial charge on any atom is -0.306 e. The third kappa shape index (κ3) is 3.24. The Hall–Kier alpha value is -0.620. The first-order valence-corrected chi connectivity index (χ1v) is 11.0. The van der Waals surface area contributed by atoms with Crippen molar-refractivity contribution in [1.29, 1.82) is 5.26 Å². The van der Waals surface area contributed by atoms with Crippen molar-refractivity contribution in [3.8, 4) is 6.19 Å². The highest BCUT2D eigenvalue weighted by Crippen LogP contribution is 2.38. The maximum absolute atomic E-state index is 13.4. The van der Waals surface area contributed by atoms with E-state index in [1.165, 1.54) is 0 Å². The van der Waals surface area contributed by atoms with E-state index in [2.05, 4.69) is 38.1 Å². The van der Waals surface area contributed by atoms with Crippen LogP contribution in [-0.2, 0) is 10.0 Å². The summed E-state index contributed by atoms with van der Waals surface area (Å²) in [5.41, 5.74) is 0. The predicted molar refractivity (Wildman–Crippen MR) is 98.7 cm³/mol. The van der Waals surface area contributed by atoms with Gasteiger partial charge in [-0.15, -0.1) is 0 Å². The summed E-state index contributed by atoms with van der Waals surface area (Å²) in [7, 11) is -3.63. The molecule has 130 valence electrons. The first-order chi connectivity index (χ1) is 11.3. The first kappa shape index (κ1) is 18.2. The second kappa shape index (κ2) is 6.94. The number of sulfonamides is 1. The molecular weight excluding hydrogens is 458 g/mol. The second-order valence-electron chi connectivity index (χ2n) is 6.49. The zero-order valence-electron chi connectivity index (χ0n) is 13.3. The molecule has 8 heteroatoms. The molecule has 0 amide bonds. The van der Waals surface area contributed by atoms with E-state index in [4.69, 9.17) is 0 Å². The minimum absolute atomic E-state index is 0.0386. The molecule has 1 aliphatic heterocycles. The van der Waals surface area contributed by atoms with Crippen LogP contribution >= 0.6 is 31.9 Å². The summed E-state index contributed by atoms with van der Waals surface area (Å²) < 4.78 is 29.8. The van der Waals surface area contributed by atoms with E-state index < -0.39 is 10.0 Å². The van der Waals surface area contributed by atoms with Crippen LogP contribution in [0.5, 0.6) is 0 Å². The maximum Gasteiger partial charge on any atom is 0.244 e. The zero-order valence-corrected chi connectivity index (χ0v) is 17.3. The molecule has 0 aromatic heterocycles. The van der Waals surface area contributed by atoms with Crippen LogP contribution in [0.1, 0.15) is 32.6 Å². The maximum atomic E-state index is 13.4. The molecule has 0 spiro atoms. The lowest BCUT2D eigenvalue weighted by Crippen LogP contribution is -2.50. The van der Waals surface area contributed by atoms with Crippen molar-refractivity contribution in [2.75, 3.05) is 6.54 Å². The van der Waals surface area contributed by atoms with E-state index in [0.29, 0.717) is 17.4 Å². The fourth-order valence-electron chi connectivity index (χ4n) is 3.45. The lowest BCUT2D eigenvalue weighted by molar-refractivity contribution is 0.176. The first-order valence-electron chi connectivity index (χ1n) is 7.99. The highest BCUT2D eigenvalue weighted by atomic mass is 79.9. The van der Waals surface area contributed by atoms with Crippen LogP contribution in [0.15, 0.2) is 32.0 Å². The van der Waals surface area contributed by atoms with Crippen molar-refractivity contribution in [2.24, 2.45) is 0 Å². The Labute approximate surface area is 159 Å². The minimum atomic E-state index is -3.63. The van der Waals surface area contributed by atoms with E-state index in [9.17, 15) is 13.7 Å². The van der Waals surface area contributed by atoms with Crippen molar-refractivity contribution < 1.29 is 8.42 Å². The molecule has 0 N–H and O–H groups in total. The molecule has 1 heterocycles. The van der Waals surface area contributed by atoms with Gasteiger partial charge in [-0.2, -0.15) is 9.57 Å². The van der Waals surface area contributed by atoms with Gasteiger partial charge >= 0.3 is 0 Å². The lowest BCUT2D eigenvalue weighted by atomic mass is 9.92. The Bertz CT molecular complexity index is 774. The summed E-state index contributed by atoms with van der Waals surface area (Å²) in [5.74, 6) is 0. The summed E-state index contributed by atoms with van der Waals surface area (Å²) in [6.45, 7) is 2.45. The zero-order chi connectivity index (χ0) is 17.5. The quantitative estimate of drug-likeness (QED) is 0.621. The molecule has 3 rings (SSSR count). The molecule has 0 radical (unpaired) electrons. The summed E-state index contributed by atoms with van der Waals surface area (Å²) in [6, 6.07) is 5.16. The van der Waals surface area contributed by atoms with Gasteiger partial charge in [-0.1, -0.05) is 22.4 Å². The van der Waals surface area contributed by atoms with Gasteiger partial charge < -0.3 is 4.90 Å². The average molecular weight is 477 g/mol. The highest BCUT2D eigenvalue weighted by molar-refractivity contribution is 9.11. The average Bonchev–Trinajstić information content (AvgIpc) is 2.85. The van der Waals surface area contributed by atoms with Gasteiger partial charge in [0, 0.05) is 33.6 Å². The smallest absolute Gasteiger partial charge is 0.244 e. The Morgan fingerprint density at radius 3 is 2.54 bits per heavy atom. The summed E-state index contributed by atoms with van der Waals surface area (Å²) >= 11 is 6.74. The molecule has 1 aromatic carbocycles. The largest absolute Gasteiger partial charge is 0.306 e. The van der Waals surface area contributed by atoms with Crippen molar-refractivity contribution in [2.45, 2.75) is 55.6 Å². The molecule has 0 bridgehead atoms. The van der Waals surface area contributed by atoms with Crippen LogP contribution in [0.25, 0.3) is 0 Å². The lowest BCUT2D eigenvalue weighted by Gasteiger charge is -2.40. The van der Waals surface area contributed by atoms with Crippen LogP contribution in [0.3, 0.4) is 0 Å². The van der Waals surface area contributed by atoms with Gasteiger partial charge in [0.25, 0.3) is 0 Å². The molecule has 2 aliphatic rings. The number of benzene rings is 1. The predicted octanol–water partition coefficient (Wildman–Crippen LogP) is 3.70. The summed E-state index contributed by atoms with van der Waals surface area (Å²) in [4.78, 5) is 1.97.